The molecule has 7 nitrogen and oxygen atoms in total. The molecule has 2 aromatic rings. The molecule has 1 N–H and O–H groups in total. The van der Waals surface area contributed by atoms with Crippen LogP contribution in [0.1, 0.15) is 50.5 Å². The van der Waals surface area contributed by atoms with Gasteiger partial charge >= 0.3 is 5.97 Å². The molecule has 4 rings (SSSR count). The van der Waals surface area contributed by atoms with Crippen molar-refractivity contribution in [3.63, 3.8) is 0 Å². The van der Waals surface area contributed by atoms with Gasteiger partial charge in [-0.25, -0.2) is 9.78 Å². The quantitative estimate of drug-likeness (QED) is 0.772. The number of ether oxygens (including phenoxy) is 1. The third-order valence-electron chi connectivity index (χ3n) is 4.94. The van der Waals surface area contributed by atoms with Crippen LogP contribution >= 0.6 is 23.1 Å². The number of thioether (sulfide) groups is 1. The third-order valence-corrected chi connectivity index (χ3v) is 7.53. The molecule has 1 aromatic carbocycles. The van der Waals surface area contributed by atoms with E-state index in [-0.39, 0.29) is 17.2 Å². The number of benzene rings is 1. The normalized spacial score (nSPS) is 22.0. The van der Waals surface area contributed by atoms with E-state index in [1.807, 2.05) is 32.0 Å². The van der Waals surface area contributed by atoms with Gasteiger partial charge in [0.05, 0.1) is 12.8 Å². The van der Waals surface area contributed by atoms with Crippen molar-refractivity contribution in [1.82, 2.24) is 9.88 Å². The first kappa shape index (κ1) is 18.9. The summed E-state index contributed by atoms with van der Waals surface area (Å²) < 4.78 is 4.26. The van der Waals surface area contributed by atoms with Gasteiger partial charge in [0, 0.05) is 10.3 Å². The van der Waals surface area contributed by atoms with Gasteiger partial charge in [-0.05, 0) is 32.4 Å². The number of amides is 2. The Morgan fingerprint density at radius 3 is 2.71 bits per heavy atom. The molecule has 2 atom stereocenters. The molecule has 28 heavy (non-hydrogen) atoms. The predicted molar refractivity (Wildman–Crippen MR) is 108 cm³/mol. The first-order valence-corrected chi connectivity index (χ1v) is 10.4. The van der Waals surface area contributed by atoms with Gasteiger partial charge in [0.25, 0.3) is 5.91 Å². The minimum absolute atomic E-state index is 0.135. The van der Waals surface area contributed by atoms with Crippen LogP contribution in [0.3, 0.4) is 0 Å². The first-order valence-electron chi connectivity index (χ1n) is 8.70. The van der Waals surface area contributed by atoms with Gasteiger partial charge in [0.15, 0.2) is 5.13 Å². The molecule has 0 bridgehead atoms. The summed E-state index contributed by atoms with van der Waals surface area (Å²) in [6.07, 6.45) is 0. The Kier molecular flexibility index (Phi) is 4.46. The molecule has 2 unspecified atom stereocenters. The van der Waals surface area contributed by atoms with Crippen molar-refractivity contribution < 1.29 is 19.1 Å². The molecule has 1 fully saturated rings. The van der Waals surface area contributed by atoms with E-state index in [0.29, 0.717) is 21.3 Å². The fourth-order valence-electron chi connectivity index (χ4n) is 3.71. The molecule has 0 radical (unpaired) electrons. The smallest absolute Gasteiger partial charge is 0.350 e. The Balaban J connectivity index is 1.63. The van der Waals surface area contributed by atoms with Crippen molar-refractivity contribution in [2.75, 3.05) is 12.4 Å². The number of aryl methyl sites for hydroxylation is 1. The number of anilines is 1. The molecule has 0 saturated carbocycles. The van der Waals surface area contributed by atoms with Crippen LogP contribution < -0.4 is 5.32 Å². The highest BCUT2D eigenvalue weighted by Crippen LogP contribution is 2.56. The minimum atomic E-state index is -0.659. The zero-order valence-electron chi connectivity index (χ0n) is 15.8. The highest BCUT2D eigenvalue weighted by molar-refractivity contribution is 8.01. The summed E-state index contributed by atoms with van der Waals surface area (Å²) in [5, 5.41) is 2.93. The molecule has 146 valence electrons. The maximum atomic E-state index is 13.2. The number of nitrogens with one attached hydrogen (secondary N) is 1. The standard InChI is InChI=1S/C19H19N3O4S2/c1-9-12(17(25)26-4)27-18(20-9)21-14(23)13-19(2,3)28-16-11-8-6-5-7-10(11)15(24)22(13)16/h5-8,13,16H,1-4H3,(H,20,21,23). The SMILES string of the molecule is COC(=O)c1sc(NC(=O)C2N3C(=O)c4ccccc4C3SC2(C)C)nc1C. The van der Waals surface area contributed by atoms with Gasteiger partial charge in [-0.15, -0.1) is 11.8 Å². The molecule has 1 aromatic heterocycles. The van der Waals surface area contributed by atoms with E-state index in [0.717, 1.165) is 16.9 Å². The molecule has 0 aliphatic carbocycles. The summed E-state index contributed by atoms with van der Waals surface area (Å²) in [7, 11) is 1.30. The lowest BCUT2D eigenvalue weighted by Gasteiger charge is -2.29. The van der Waals surface area contributed by atoms with Crippen molar-refractivity contribution in [2.24, 2.45) is 0 Å². The van der Waals surface area contributed by atoms with Crippen molar-refractivity contribution >= 4 is 46.0 Å². The average molecular weight is 418 g/mol. The Bertz CT molecular complexity index is 1000. The number of rotatable bonds is 3. The molecule has 1 saturated heterocycles. The largest absolute Gasteiger partial charge is 0.465 e. The maximum Gasteiger partial charge on any atom is 0.350 e. The van der Waals surface area contributed by atoms with Crippen LogP contribution in [0.25, 0.3) is 0 Å². The van der Waals surface area contributed by atoms with E-state index >= 15 is 0 Å². The molecule has 0 spiro atoms. The second-order valence-electron chi connectivity index (χ2n) is 7.19. The van der Waals surface area contributed by atoms with E-state index in [2.05, 4.69) is 10.3 Å². The number of nitrogens with zero attached hydrogens (tertiary/aromatic N) is 2. The Hall–Kier alpha value is -2.39. The lowest BCUT2D eigenvalue weighted by molar-refractivity contribution is -0.121. The molecule has 2 amide bonds. The van der Waals surface area contributed by atoms with Crippen LogP contribution in [-0.2, 0) is 9.53 Å². The van der Waals surface area contributed by atoms with Gasteiger partial charge in [-0.3, -0.25) is 9.59 Å². The Labute approximate surface area is 170 Å². The number of esters is 1. The fraction of sp³-hybridized carbons (Fsp3) is 0.368. The van der Waals surface area contributed by atoms with Crippen molar-refractivity contribution in [1.29, 1.82) is 0 Å². The van der Waals surface area contributed by atoms with Crippen molar-refractivity contribution in [3.8, 4) is 0 Å². The van der Waals surface area contributed by atoms with Gasteiger partial charge in [0.2, 0.25) is 5.91 Å². The fourth-order valence-corrected chi connectivity index (χ4v) is 6.19. The molecule has 9 heteroatoms. The van der Waals surface area contributed by atoms with Crippen LogP contribution in [0.5, 0.6) is 0 Å². The van der Waals surface area contributed by atoms with Crippen LogP contribution in [0, 0.1) is 6.92 Å². The first-order chi connectivity index (χ1) is 13.2. The number of carbonyl (C=O) groups excluding carboxylic acids is 3. The lowest BCUT2D eigenvalue weighted by Crippen LogP contribution is -2.50. The topological polar surface area (TPSA) is 88.6 Å². The zero-order valence-corrected chi connectivity index (χ0v) is 17.4. The summed E-state index contributed by atoms with van der Waals surface area (Å²) >= 11 is 2.67. The lowest BCUT2D eigenvalue weighted by atomic mass is 10.0. The zero-order chi connectivity index (χ0) is 20.2. The minimum Gasteiger partial charge on any atom is -0.465 e. The highest BCUT2D eigenvalue weighted by atomic mass is 32.2. The second kappa shape index (κ2) is 6.59. The number of fused-ring (bicyclic) bond motifs is 3. The predicted octanol–water partition coefficient (Wildman–Crippen LogP) is 3.23. The van der Waals surface area contributed by atoms with E-state index in [9.17, 15) is 14.4 Å². The molecule has 3 heterocycles. The number of methoxy groups -OCH3 is 1. The van der Waals surface area contributed by atoms with Crippen molar-refractivity contribution in [3.05, 3.63) is 46.0 Å². The van der Waals surface area contributed by atoms with Crippen LogP contribution in [0.15, 0.2) is 24.3 Å². The Morgan fingerprint density at radius 2 is 2.00 bits per heavy atom. The summed E-state index contributed by atoms with van der Waals surface area (Å²) in [5.41, 5.74) is 2.08. The van der Waals surface area contributed by atoms with E-state index in [1.54, 1.807) is 29.7 Å². The Morgan fingerprint density at radius 1 is 1.29 bits per heavy atom. The number of hydrogen-bond acceptors (Lipinski definition) is 7. The number of carbonyl (C=O) groups is 3. The van der Waals surface area contributed by atoms with Gasteiger partial charge in [0.1, 0.15) is 16.3 Å². The van der Waals surface area contributed by atoms with E-state index < -0.39 is 16.8 Å². The molecule has 2 aliphatic rings. The van der Waals surface area contributed by atoms with Gasteiger partial charge in [-0.2, -0.15) is 0 Å². The third kappa shape index (κ3) is 2.80. The second-order valence-corrected chi connectivity index (χ2v) is 9.92. The van der Waals surface area contributed by atoms with Gasteiger partial charge < -0.3 is 15.0 Å². The highest BCUT2D eigenvalue weighted by Gasteiger charge is 2.57. The number of aromatic nitrogens is 1. The van der Waals surface area contributed by atoms with Crippen LogP contribution in [-0.4, -0.2) is 45.6 Å². The summed E-state index contributed by atoms with van der Waals surface area (Å²) in [5.74, 6) is -0.937. The van der Waals surface area contributed by atoms with Gasteiger partial charge in [-0.1, -0.05) is 29.5 Å². The average Bonchev–Trinajstić information content (AvgIpc) is 3.24. The summed E-state index contributed by atoms with van der Waals surface area (Å²) in [6.45, 7) is 5.61. The van der Waals surface area contributed by atoms with Crippen LogP contribution in [0.4, 0.5) is 5.13 Å². The summed E-state index contributed by atoms with van der Waals surface area (Å²) in [4.78, 5) is 44.2. The summed E-state index contributed by atoms with van der Waals surface area (Å²) in [6, 6.07) is 6.81. The molecular formula is C19H19N3O4S2. The van der Waals surface area contributed by atoms with Crippen LogP contribution in [0.2, 0.25) is 0 Å². The molecule has 2 aliphatic heterocycles. The molecular weight excluding hydrogens is 398 g/mol. The number of thiazole rings is 1. The van der Waals surface area contributed by atoms with Crippen molar-refractivity contribution in [2.45, 2.75) is 36.9 Å². The number of hydrogen-bond donors (Lipinski definition) is 1. The van der Waals surface area contributed by atoms with E-state index in [4.69, 9.17) is 4.74 Å². The maximum absolute atomic E-state index is 13.2. The van der Waals surface area contributed by atoms with E-state index in [1.165, 1.54) is 7.11 Å². The monoisotopic (exact) mass is 417 g/mol.